The van der Waals surface area contributed by atoms with Crippen LogP contribution in [0, 0.1) is 6.92 Å². The van der Waals surface area contributed by atoms with Crippen LogP contribution in [0.2, 0.25) is 5.02 Å². The summed E-state index contributed by atoms with van der Waals surface area (Å²) in [4.78, 5) is 20.2. The zero-order valence-electron chi connectivity index (χ0n) is 27.8. The Morgan fingerprint density at radius 2 is 1.72 bits per heavy atom. The molecule has 1 fully saturated rings. The predicted molar refractivity (Wildman–Crippen MR) is 188 cm³/mol. The first-order valence-electron chi connectivity index (χ1n) is 15.7. The number of carbonyl (C=O) groups is 1. The number of halogens is 1. The van der Waals surface area contributed by atoms with Gasteiger partial charge in [-0.25, -0.2) is 9.78 Å². The molecule has 3 heterocycles. The summed E-state index contributed by atoms with van der Waals surface area (Å²) in [5.41, 5.74) is 6.35. The molecular formula is C36H41ClN4O5S. The number of fused-ring (bicyclic) bond motifs is 2. The molecule has 3 aromatic carbocycles. The number of aromatic nitrogens is 3. The van der Waals surface area contributed by atoms with Crippen molar-refractivity contribution in [2.24, 2.45) is 7.05 Å². The summed E-state index contributed by atoms with van der Waals surface area (Å²) in [6.45, 7) is 10.6. The average Bonchev–Trinajstić information content (AvgIpc) is 3.55. The van der Waals surface area contributed by atoms with E-state index in [-0.39, 0.29) is 6.04 Å². The van der Waals surface area contributed by atoms with Crippen molar-refractivity contribution in [1.29, 1.82) is 0 Å². The van der Waals surface area contributed by atoms with E-state index in [2.05, 4.69) is 23.1 Å². The first kappa shape index (κ1) is 33.5. The molecule has 11 heteroatoms. The number of hydrogen-bond donors (Lipinski definition) is 1. The fourth-order valence-electron chi connectivity index (χ4n) is 6.52. The molecular weight excluding hydrogens is 636 g/mol. The number of nitrogens with zero attached hydrogens (tertiary/aromatic N) is 4. The van der Waals surface area contributed by atoms with E-state index in [1.807, 2.05) is 69.8 Å². The molecule has 5 aromatic rings. The number of rotatable bonds is 11. The molecule has 1 saturated heterocycles. The number of carboxylic acids is 1. The van der Waals surface area contributed by atoms with Crippen LogP contribution in [-0.4, -0.2) is 82.9 Å². The first-order chi connectivity index (χ1) is 22.4. The van der Waals surface area contributed by atoms with Crippen LogP contribution in [0.4, 0.5) is 0 Å². The van der Waals surface area contributed by atoms with Gasteiger partial charge in [0.15, 0.2) is 6.10 Å². The number of carboxylic acid groups (broad SMARTS) is 1. The molecule has 9 nitrogen and oxygen atoms in total. The maximum Gasteiger partial charge on any atom is 0.337 e. The van der Waals surface area contributed by atoms with E-state index in [1.54, 1.807) is 25.6 Å². The Morgan fingerprint density at radius 3 is 2.34 bits per heavy atom. The zero-order chi connectivity index (χ0) is 33.6. The van der Waals surface area contributed by atoms with Crippen molar-refractivity contribution >= 4 is 50.0 Å². The quantitative estimate of drug-likeness (QED) is 0.154. The summed E-state index contributed by atoms with van der Waals surface area (Å²) in [5, 5.41) is 17.9. The van der Waals surface area contributed by atoms with Crippen LogP contribution < -0.4 is 0 Å². The van der Waals surface area contributed by atoms with Gasteiger partial charge in [-0.3, -0.25) is 9.58 Å². The van der Waals surface area contributed by atoms with Crippen LogP contribution in [0.25, 0.3) is 42.8 Å². The molecule has 1 unspecified atom stereocenters. The number of aryl methyl sites for hydroxylation is 2. The lowest BCUT2D eigenvalue weighted by Crippen LogP contribution is -2.54. The van der Waals surface area contributed by atoms with Gasteiger partial charge in [0.2, 0.25) is 0 Å². The smallest absolute Gasteiger partial charge is 0.337 e. The highest BCUT2D eigenvalue weighted by Crippen LogP contribution is 2.45. The minimum Gasteiger partial charge on any atom is -0.479 e. The lowest BCUT2D eigenvalue weighted by molar-refractivity contribution is -0.160. The molecule has 1 atom stereocenters. The summed E-state index contributed by atoms with van der Waals surface area (Å²) < 4.78 is 19.9. The molecule has 0 aliphatic carbocycles. The van der Waals surface area contributed by atoms with Crippen molar-refractivity contribution in [3.05, 3.63) is 70.4 Å². The summed E-state index contributed by atoms with van der Waals surface area (Å²) in [7, 11) is 5.43. The van der Waals surface area contributed by atoms with Gasteiger partial charge in [-0.15, -0.1) is 11.3 Å². The number of ether oxygens (including phenoxy) is 3. The summed E-state index contributed by atoms with van der Waals surface area (Å²) in [6, 6.07) is 16.1. The van der Waals surface area contributed by atoms with E-state index in [4.69, 9.17) is 35.9 Å². The monoisotopic (exact) mass is 676 g/mol. The molecule has 0 bridgehead atoms. The normalized spacial score (nSPS) is 15.2. The molecule has 0 amide bonds. The van der Waals surface area contributed by atoms with Gasteiger partial charge in [0.25, 0.3) is 0 Å². The summed E-state index contributed by atoms with van der Waals surface area (Å²) in [5.74, 6) is -0.736. The van der Waals surface area contributed by atoms with Crippen LogP contribution in [-0.2, 0) is 26.1 Å². The van der Waals surface area contributed by atoms with Crippen LogP contribution >= 0.6 is 22.9 Å². The van der Waals surface area contributed by atoms with Gasteiger partial charge < -0.3 is 19.3 Å². The highest BCUT2D eigenvalue weighted by molar-refractivity contribution is 7.22. The Balaban J connectivity index is 1.44. The van der Waals surface area contributed by atoms with Crippen LogP contribution in [0.1, 0.15) is 49.6 Å². The number of hydrogen-bond acceptors (Lipinski definition) is 8. The zero-order valence-corrected chi connectivity index (χ0v) is 29.4. The molecule has 2 aromatic heterocycles. The Hall–Kier alpha value is -3.38. The molecule has 1 aliphatic rings. The Bertz CT molecular complexity index is 1920. The summed E-state index contributed by atoms with van der Waals surface area (Å²) >= 11 is 7.83. The van der Waals surface area contributed by atoms with Gasteiger partial charge in [-0.05, 0) is 75.2 Å². The van der Waals surface area contributed by atoms with Crippen molar-refractivity contribution in [3.8, 4) is 21.7 Å². The first-order valence-corrected chi connectivity index (χ1v) is 16.9. The third kappa shape index (κ3) is 6.68. The SMILES string of the molecule is COCC(COC)N1CC(c2nn(C)c3ccc(-c4nc5cc(C)c(C(OC(C)(C)C)C(=O)O)c(-c6ccc(Cl)cc6)c5s4)cc23)C1. The average molecular weight is 677 g/mol. The second-order valence-corrected chi connectivity index (χ2v) is 14.7. The highest BCUT2D eigenvalue weighted by Gasteiger charge is 2.36. The van der Waals surface area contributed by atoms with Crippen molar-refractivity contribution < 1.29 is 24.1 Å². The maximum atomic E-state index is 12.7. The number of benzene rings is 3. The van der Waals surface area contributed by atoms with Crippen LogP contribution in [0.3, 0.4) is 0 Å². The maximum absolute atomic E-state index is 12.7. The van der Waals surface area contributed by atoms with Crippen molar-refractivity contribution in [1.82, 2.24) is 19.7 Å². The van der Waals surface area contributed by atoms with E-state index in [1.165, 1.54) is 0 Å². The third-order valence-corrected chi connectivity index (χ3v) is 10.1. The number of thiazole rings is 1. The van der Waals surface area contributed by atoms with Crippen molar-refractivity contribution in [3.63, 3.8) is 0 Å². The topological polar surface area (TPSA) is 98.9 Å². The Kier molecular flexibility index (Phi) is 9.46. The predicted octanol–water partition coefficient (Wildman–Crippen LogP) is 7.48. The van der Waals surface area contributed by atoms with Crippen molar-refractivity contribution in [2.75, 3.05) is 40.5 Å². The lowest BCUT2D eigenvalue weighted by atomic mass is 9.91. The molecule has 1 N–H and O–H groups in total. The summed E-state index contributed by atoms with van der Waals surface area (Å²) in [6.07, 6.45) is -1.17. The molecule has 0 saturated carbocycles. The van der Waals surface area contributed by atoms with Crippen molar-refractivity contribution in [2.45, 2.75) is 51.4 Å². The lowest BCUT2D eigenvalue weighted by Gasteiger charge is -2.43. The molecule has 248 valence electrons. The van der Waals surface area contributed by atoms with E-state index in [0.717, 1.165) is 67.2 Å². The van der Waals surface area contributed by atoms with Gasteiger partial charge in [-0.1, -0.05) is 23.7 Å². The van der Waals surface area contributed by atoms with Gasteiger partial charge in [0, 0.05) is 67.4 Å². The van der Waals surface area contributed by atoms with E-state index < -0.39 is 17.7 Å². The van der Waals surface area contributed by atoms with E-state index >= 15 is 0 Å². The Labute approximate surface area is 284 Å². The van der Waals surface area contributed by atoms with E-state index in [9.17, 15) is 9.90 Å². The van der Waals surface area contributed by atoms with Crippen LogP contribution in [0.15, 0.2) is 48.5 Å². The minimum absolute atomic E-state index is 0.215. The van der Waals surface area contributed by atoms with Gasteiger partial charge in [0.05, 0.1) is 46.3 Å². The number of aliphatic carboxylic acids is 1. The van der Waals surface area contributed by atoms with Gasteiger partial charge >= 0.3 is 5.97 Å². The van der Waals surface area contributed by atoms with E-state index in [0.29, 0.717) is 29.7 Å². The molecule has 47 heavy (non-hydrogen) atoms. The number of methoxy groups -OCH3 is 2. The fourth-order valence-corrected chi connectivity index (χ4v) is 7.76. The molecule has 0 spiro atoms. The Morgan fingerprint density at radius 1 is 1.06 bits per heavy atom. The van der Waals surface area contributed by atoms with Gasteiger partial charge in [-0.2, -0.15) is 5.10 Å². The molecule has 0 radical (unpaired) electrons. The number of likely N-dealkylation sites (tertiary alicyclic amines) is 1. The van der Waals surface area contributed by atoms with Crippen LogP contribution in [0.5, 0.6) is 0 Å². The van der Waals surface area contributed by atoms with Gasteiger partial charge in [0.1, 0.15) is 5.01 Å². The highest BCUT2D eigenvalue weighted by atomic mass is 35.5. The largest absolute Gasteiger partial charge is 0.479 e. The fraction of sp³-hybridized carbons (Fsp3) is 0.417. The minimum atomic E-state index is -1.17. The third-order valence-electron chi connectivity index (χ3n) is 8.68. The second-order valence-electron chi connectivity index (χ2n) is 13.3. The standard InChI is InChI=1S/C36H41ClN4O5S/c1-20-14-27-33(30(21-8-11-24(37)12-9-21)29(20)32(35(42)43)46-36(2,3)4)47-34(38-27)22-10-13-28-26(15-22)31(39-40(28)5)23-16-41(17-23)25(18-44-6)19-45-7/h8-15,23,25,32H,16-19H2,1-7H3,(H,42,43). The second kappa shape index (κ2) is 13.3. The molecule has 1 aliphatic heterocycles. The molecule has 6 rings (SSSR count).